The van der Waals surface area contributed by atoms with E-state index >= 15 is 0 Å². The van der Waals surface area contributed by atoms with Gasteiger partial charge in [0.2, 0.25) is 5.91 Å². The van der Waals surface area contributed by atoms with Crippen molar-refractivity contribution in [2.45, 2.75) is 76.7 Å². The van der Waals surface area contributed by atoms with Crippen molar-refractivity contribution >= 4 is 11.9 Å². The normalized spacial score (nSPS) is 27.1. The summed E-state index contributed by atoms with van der Waals surface area (Å²) in [7, 11) is 1.45. The molecule has 2 aliphatic carbocycles. The van der Waals surface area contributed by atoms with Crippen LogP contribution in [0.5, 0.6) is 0 Å². The summed E-state index contributed by atoms with van der Waals surface area (Å²) in [6.07, 6.45) is 11.8. The van der Waals surface area contributed by atoms with Gasteiger partial charge in [0.1, 0.15) is 0 Å². The Labute approximate surface area is 128 Å². The molecule has 0 atom stereocenters. The quantitative estimate of drug-likeness (QED) is 0.792. The Morgan fingerprint density at radius 3 is 2.29 bits per heavy atom. The molecular formula is C17H29NO3. The first-order valence-corrected chi connectivity index (χ1v) is 8.56. The standard InChI is InChI=1S/C17H29NO3/c1-21-17(20)14-8-10-15(11-9-14)18-16(19)12-7-13-5-3-2-4-6-13/h13-15H,2-12H2,1H3,(H,18,19). The van der Waals surface area contributed by atoms with Crippen LogP contribution < -0.4 is 5.32 Å². The zero-order valence-electron chi connectivity index (χ0n) is 13.2. The third-order valence-corrected chi connectivity index (χ3v) is 5.13. The molecule has 0 aromatic carbocycles. The van der Waals surface area contributed by atoms with Crippen LogP contribution in [0.1, 0.15) is 70.6 Å². The van der Waals surface area contributed by atoms with Gasteiger partial charge in [-0.2, -0.15) is 0 Å². The summed E-state index contributed by atoms with van der Waals surface area (Å²) in [6.45, 7) is 0. The van der Waals surface area contributed by atoms with Gasteiger partial charge in [-0.25, -0.2) is 0 Å². The third-order valence-electron chi connectivity index (χ3n) is 5.13. The summed E-state index contributed by atoms with van der Waals surface area (Å²) in [6, 6.07) is 0.254. The molecule has 120 valence electrons. The van der Waals surface area contributed by atoms with Crippen molar-refractivity contribution in [3.63, 3.8) is 0 Å². The second-order valence-electron chi connectivity index (χ2n) is 6.68. The molecule has 0 radical (unpaired) electrons. The molecule has 0 aliphatic heterocycles. The minimum atomic E-state index is -0.0999. The van der Waals surface area contributed by atoms with Gasteiger partial charge in [0.15, 0.2) is 0 Å². The number of rotatable bonds is 5. The molecule has 0 bridgehead atoms. The van der Waals surface area contributed by atoms with E-state index in [1.54, 1.807) is 0 Å². The van der Waals surface area contributed by atoms with Gasteiger partial charge < -0.3 is 10.1 Å². The lowest BCUT2D eigenvalue weighted by Crippen LogP contribution is -2.39. The zero-order chi connectivity index (χ0) is 15.1. The van der Waals surface area contributed by atoms with E-state index < -0.39 is 0 Å². The maximum atomic E-state index is 12.0. The number of amides is 1. The first-order chi connectivity index (χ1) is 10.2. The molecule has 2 fully saturated rings. The molecule has 0 aromatic heterocycles. The van der Waals surface area contributed by atoms with Gasteiger partial charge in [-0.05, 0) is 38.0 Å². The Hall–Kier alpha value is -1.06. The highest BCUT2D eigenvalue weighted by molar-refractivity contribution is 5.76. The SMILES string of the molecule is COC(=O)C1CCC(NC(=O)CCC2CCCCC2)CC1. The summed E-state index contributed by atoms with van der Waals surface area (Å²) in [4.78, 5) is 23.5. The number of ether oxygens (including phenoxy) is 1. The number of methoxy groups -OCH3 is 1. The van der Waals surface area contributed by atoms with E-state index in [-0.39, 0.29) is 23.8 Å². The van der Waals surface area contributed by atoms with E-state index in [1.807, 2.05) is 0 Å². The molecule has 4 nitrogen and oxygen atoms in total. The van der Waals surface area contributed by atoms with Crippen LogP contribution in [0, 0.1) is 11.8 Å². The molecule has 2 saturated carbocycles. The molecule has 2 rings (SSSR count). The van der Waals surface area contributed by atoms with E-state index in [0.717, 1.165) is 38.0 Å². The maximum absolute atomic E-state index is 12.0. The highest BCUT2D eigenvalue weighted by atomic mass is 16.5. The second kappa shape index (κ2) is 8.40. The van der Waals surface area contributed by atoms with Gasteiger partial charge in [-0.1, -0.05) is 32.1 Å². The van der Waals surface area contributed by atoms with Crippen molar-refractivity contribution in [2.75, 3.05) is 7.11 Å². The Kier molecular flexibility index (Phi) is 6.52. The van der Waals surface area contributed by atoms with Crippen LogP contribution in [0.25, 0.3) is 0 Å². The monoisotopic (exact) mass is 295 g/mol. The summed E-state index contributed by atoms with van der Waals surface area (Å²) >= 11 is 0. The fraction of sp³-hybridized carbons (Fsp3) is 0.882. The lowest BCUT2D eigenvalue weighted by atomic mass is 9.85. The van der Waals surface area contributed by atoms with Gasteiger partial charge in [0, 0.05) is 12.5 Å². The molecule has 0 saturated heterocycles. The van der Waals surface area contributed by atoms with Crippen LogP contribution in [0.15, 0.2) is 0 Å². The summed E-state index contributed by atoms with van der Waals surface area (Å²) in [5.74, 6) is 0.893. The summed E-state index contributed by atoms with van der Waals surface area (Å²) in [5.41, 5.74) is 0. The highest BCUT2D eigenvalue weighted by Crippen LogP contribution is 2.28. The number of hydrogen-bond acceptors (Lipinski definition) is 3. The van der Waals surface area contributed by atoms with Crippen molar-refractivity contribution in [3.05, 3.63) is 0 Å². The topological polar surface area (TPSA) is 55.4 Å². The van der Waals surface area contributed by atoms with E-state index in [0.29, 0.717) is 6.42 Å². The predicted molar refractivity (Wildman–Crippen MR) is 81.7 cm³/mol. The first-order valence-electron chi connectivity index (χ1n) is 8.56. The predicted octanol–water partition coefficient (Wildman–Crippen LogP) is 3.19. The van der Waals surface area contributed by atoms with Gasteiger partial charge in [-0.3, -0.25) is 9.59 Å². The van der Waals surface area contributed by atoms with Gasteiger partial charge in [-0.15, -0.1) is 0 Å². The Morgan fingerprint density at radius 2 is 1.67 bits per heavy atom. The van der Waals surface area contributed by atoms with Crippen LogP contribution in [0.2, 0.25) is 0 Å². The van der Waals surface area contributed by atoms with Crippen LogP contribution >= 0.6 is 0 Å². The van der Waals surface area contributed by atoms with E-state index in [4.69, 9.17) is 4.74 Å². The molecule has 0 spiro atoms. The average Bonchev–Trinajstić information content (AvgIpc) is 2.54. The van der Waals surface area contributed by atoms with Crippen molar-refractivity contribution in [1.82, 2.24) is 5.32 Å². The van der Waals surface area contributed by atoms with E-state index in [1.165, 1.54) is 39.2 Å². The van der Waals surface area contributed by atoms with Gasteiger partial charge in [0.25, 0.3) is 0 Å². The van der Waals surface area contributed by atoms with Crippen molar-refractivity contribution in [2.24, 2.45) is 11.8 Å². The maximum Gasteiger partial charge on any atom is 0.308 e. The second-order valence-corrected chi connectivity index (χ2v) is 6.68. The Morgan fingerprint density at radius 1 is 1.00 bits per heavy atom. The number of carbonyl (C=O) groups excluding carboxylic acids is 2. The first kappa shape index (κ1) is 16.3. The highest BCUT2D eigenvalue weighted by Gasteiger charge is 2.27. The molecule has 1 amide bonds. The van der Waals surface area contributed by atoms with Gasteiger partial charge >= 0.3 is 5.97 Å². The molecule has 2 aliphatic rings. The molecule has 0 heterocycles. The molecule has 0 unspecified atom stereocenters. The van der Waals surface area contributed by atoms with E-state index in [9.17, 15) is 9.59 Å². The third kappa shape index (κ3) is 5.33. The zero-order valence-corrected chi connectivity index (χ0v) is 13.2. The molecule has 21 heavy (non-hydrogen) atoms. The van der Waals surface area contributed by atoms with Crippen LogP contribution in [-0.2, 0) is 14.3 Å². The van der Waals surface area contributed by atoms with E-state index in [2.05, 4.69) is 5.32 Å². The minimum Gasteiger partial charge on any atom is -0.469 e. The number of carbonyl (C=O) groups is 2. The molecule has 0 aromatic rings. The summed E-state index contributed by atoms with van der Waals surface area (Å²) < 4.78 is 4.79. The van der Waals surface area contributed by atoms with Crippen LogP contribution in [0.4, 0.5) is 0 Å². The molecular weight excluding hydrogens is 266 g/mol. The van der Waals surface area contributed by atoms with Crippen molar-refractivity contribution < 1.29 is 14.3 Å². The fourth-order valence-electron chi connectivity index (χ4n) is 3.75. The average molecular weight is 295 g/mol. The summed E-state index contributed by atoms with van der Waals surface area (Å²) in [5, 5.41) is 3.14. The van der Waals surface area contributed by atoms with Gasteiger partial charge in [0.05, 0.1) is 13.0 Å². The fourth-order valence-corrected chi connectivity index (χ4v) is 3.75. The largest absolute Gasteiger partial charge is 0.469 e. The number of hydrogen-bond donors (Lipinski definition) is 1. The number of esters is 1. The Bertz CT molecular complexity index is 342. The van der Waals surface area contributed by atoms with Crippen molar-refractivity contribution in [1.29, 1.82) is 0 Å². The van der Waals surface area contributed by atoms with Crippen molar-refractivity contribution in [3.8, 4) is 0 Å². The minimum absolute atomic E-state index is 0.0328. The lowest BCUT2D eigenvalue weighted by Gasteiger charge is -2.28. The molecule has 1 N–H and O–H groups in total. The smallest absolute Gasteiger partial charge is 0.308 e. The Balaban J connectivity index is 1.61. The lowest BCUT2D eigenvalue weighted by molar-refractivity contribution is -0.146. The van der Waals surface area contributed by atoms with Crippen LogP contribution in [0.3, 0.4) is 0 Å². The number of nitrogens with one attached hydrogen (secondary N) is 1. The molecule has 4 heteroatoms. The van der Waals surface area contributed by atoms with Crippen LogP contribution in [-0.4, -0.2) is 25.0 Å².